The molecule has 0 bridgehead atoms. The highest BCUT2D eigenvalue weighted by Gasteiger charge is 2.17. The van der Waals surface area contributed by atoms with Gasteiger partial charge in [-0.15, -0.1) is 0 Å². The molecule has 1 aromatic rings. The predicted molar refractivity (Wildman–Crippen MR) is 113 cm³/mol. The minimum absolute atomic E-state index is 0.203. The van der Waals surface area contributed by atoms with Gasteiger partial charge >= 0.3 is 0 Å². The Bertz CT molecular complexity index is 522. The summed E-state index contributed by atoms with van der Waals surface area (Å²) in [6.45, 7) is 7.57. The predicted octanol–water partition coefficient (Wildman–Crippen LogP) is 4.64. The summed E-state index contributed by atoms with van der Waals surface area (Å²) in [5.41, 5.74) is 0.786. The Labute approximate surface area is 165 Å². The fourth-order valence-corrected chi connectivity index (χ4v) is 3.46. The Hall–Kier alpha value is -1.39. The maximum absolute atomic E-state index is 12.4. The first-order valence-corrected chi connectivity index (χ1v) is 10.9. The van der Waals surface area contributed by atoms with Crippen LogP contribution in [0.15, 0.2) is 24.3 Å². The molecule has 0 radical (unpaired) electrons. The van der Waals surface area contributed by atoms with E-state index in [-0.39, 0.29) is 5.78 Å². The van der Waals surface area contributed by atoms with E-state index in [1.165, 1.54) is 44.9 Å². The van der Waals surface area contributed by atoms with Gasteiger partial charge in [-0.2, -0.15) is 0 Å². The van der Waals surface area contributed by atoms with Gasteiger partial charge in [0.2, 0.25) is 0 Å². The number of hydrogen-bond acceptors (Lipinski definition) is 4. The van der Waals surface area contributed by atoms with Gasteiger partial charge in [0.15, 0.2) is 5.78 Å². The number of rotatable bonds is 13. The van der Waals surface area contributed by atoms with Crippen molar-refractivity contribution in [2.75, 3.05) is 46.4 Å². The lowest BCUT2D eigenvalue weighted by Crippen LogP contribution is -2.46. The third-order valence-electron chi connectivity index (χ3n) is 5.41. The molecule has 1 heterocycles. The Morgan fingerprint density at radius 2 is 1.48 bits per heavy atom. The smallest absolute Gasteiger partial charge is 0.176 e. The summed E-state index contributed by atoms with van der Waals surface area (Å²) in [5, 5.41) is 0. The van der Waals surface area contributed by atoms with E-state index >= 15 is 0 Å². The number of Topliss-reactive ketones (excluding diaryl/α,β-unsaturated/α-hetero) is 1. The van der Waals surface area contributed by atoms with Gasteiger partial charge in [0.05, 0.1) is 13.2 Å². The molecule has 0 saturated carbocycles. The fraction of sp³-hybridized carbons (Fsp3) is 0.696. The molecular formula is C23H38N2O2. The topological polar surface area (TPSA) is 32.8 Å². The lowest BCUT2D eigenvalue weighted by molar-refractivity contribution is 0.0876. The maximum Gasteiger partial charge on any atom is 0.176 e. The van der Waals surface area contributed by atoms with Crippen molar-refractivity contribution in [3.05, 3.63) is 29.8 Å². The number of piperazine rings is 1. The van der Waals surface area contributed by atoms with Crippen molar-refractivity contribution < 1.29 is 9.53 Å². The first-order chi connectivity index (χ1) is 13.2. The summed E-state index contributed by atoms with van der Waals surface area (Å²) < 4.78 is 5.82. The van der Waals surface area contributed by atoms with Crippen LogP contribution in [-0.2, 0) is 0 Å². The standard InChI is InChI=1S/C23H38N2O2/c1-3-4-5-6-7-8-9-10-19-27-22-13-11-21(12-14-22)23(26)20-25-17-15-24(2)16-18-25/h11-14H,3-10,15-20H2,1-2H3. The van der Waals surface area contributed by atoms with Gasteiger partial charge in [0, 0.05) is 31.7 Å². The molecule has 27 heavy (non-hydrogen) atoms. The zero-order valence-electron chi connectivity index (χ0n) is 17.4. The van der Waals surface area contributed by atoms with Crippen LogP contribution in [0.3, 0.4) is 0 Å². The van der Waals surface area contributed by atoms with Crippen molar-refractivity contribution in [3.63, 3.8) is 0 Å². The average Bonchev–Trinajstić information content (AvgIpc) is 2.69. The van der Waals surface area contributed by atoms with E-state index in [1.807, 2.05) is 24.3 Å². The Morgan fingerprint density at radius 1 is 0.889 bits per heavy atom. The molecule has 0 N–H and O–H groups in total. The second kappa shape index (κ2) is 12.9. The molecule has 1 aromatic carbocycles. The van der Waals surface area contributed by atoms with Crippen molar-refractivity contribution in [2.45, 2.75) is 58.3 Å². The van der Waals surface area contributed by atoms with Gasteiger partial charge in [-0.3, -0.25) is 9.69 Å². The molecule has 0 aromatic heterocycles. The molecule has 152 valence electrons. The number of ketones is 1. The normalized spacial score (nSPS) is 15.8. The van der Waals surface area contributed by atoms with Gasteiger partial charge in [-0.05, 0) is 37.7 Å². The molecule has 1 aliphatic rings. The molecule has 2 rings (SSSR count). The van der Waals surface area contributed by atoms with E-state index in [1.54, 1.807) is 0 Å². The number of likely N-dealkylation sites (N-methyl/N-ethyl adjacent to an activating group) is 1. The van der Waals surface area contributed by atoms with E-state index in [4.69, 9.17) is 4.74 Å². The number of ether oxygens (including phenoxy) is 1. The van der Waals surface area contributed by atoms with Crippen molar-refractivity contribution in [1.82, 2.24) is 9.80 Å². The Balaban J connectivity index is 1.58. The van der Waals surface area contributed by atoms with Crippen LogP contribution in [0.5, 0.6) is 5.75 Å². The second-order valence-electron chi connectivity index (χ2n) is 7.85. The van der Waals surface area contributed by atoms with Crippen molar-refractivity contribution in [3.8, 4) is 5.75 Å². The van der Waals surface area contributed by atoms with Gasteiger partial charge in [0.25, 0.3) is 0 Å². The molecule has 0 atom stereocenters. The van der Waals surface area contributed by atoms with E-state index in [0.717, 1.165) is 50.5 Å². The van der Waals surface area contributed by atoms with Crippen LogP contribution in [0.4, 0.5) is 0 Å². The highest BCUT2D eigenvalue weighted by Crippen LogP contribution is 2.15. The van der Waals surface area contributed by atoms with Crippen LogP contribution < -0.4 is 4.74 Å². The van der Waals surface area contributed by atoms with Crippen LogP contribution in [0.1, 0.15) is 68.6 Å². The largest absolute Gasteiger partial charge is 0.494 e. The first kappa shape index (κ1) is 21.9. The Kier molecular flexibility index (Phi) is 10.5. The van der Waals surface area contributed by atoms with Crippen LogP contribution in [-0.4, -0.2) is 62.0 Å². The zero-order valence-corrected chi connectivity index (χ0v) is 17.4. The molecule has 4 heteroatoms. The van der Waals surface area contributed by atoms with Crippen LogP contribution in [0.2, 0.25) is 0 Å². The van der Waals surface area contributed by atoms with Gasteiger partial charge in [-0.25, -0.2) is 0 Å². The number of carbonyl (C=O) groups excluding carboxylic acids is 1. The summed E-state index contributed by atoms with van der Waals surface area (Å²) in [5.74, 6) is 1.07. The SMILES string of the molecule is CCCCCCCCCCOc1ccc(C(=O)CN2CCN(C)CC2)cc1. The van der Waals surface area contributed by atoms with Crippen LogP contribution in [0.25, 0.3) is 0 Å². The van der Waals surface area contributed by atoms with Crippen LogP contribution in [0, 0.1) is 0 Å². The third kappa shape index (κ3) is 8.89. The van der Waals surface area contributed by atoms with Crippen molar-refractivity contribution in [2.24, 2.45) is 0 Å². The van der Waals surface area contributed by atoms with E-state index in [2.05, 4.69) is 23.8 Å². The number of unbranched alkanes of at least 4 members (excludes halogenated alkanes) is 7. The molecule has 1 fully saturated rings. The van der Waals surface area contributed by atoms with E-state index in [0.29, 0.717) is 6.54 Å². The summed E-state index contributed by atoms with van der Waals surface area (Å²) in [7, 11) is 2.13. The highest BCUT2D eigenvalue weighted by atomic mass is 16.5. The number of hydrogen-bond donors (Lipinski definition) is 0. The van der Waals surface area contributed by atoms with Crippen LogP contribution >= 0.6 is 0 Å². The monoisotopic (exact) mass is 374 g/mol. The zero-order chi connectivity index (χ0) is 19.3. The number of carbonyl (C=O) groups is 1. The molecule has 0 amide bonds. The van der Waals surface area contributed by atoms with E-state index < -0.39 is 0 Å². The number of benzene rings is 1. The average molecular weight is 375 g/mol. The molecular weight excluding hydrogens is 336 g/mol. The summed E-state index contributed by atoms with van der Waals surface area (Å²) in [4.78, 5) is 17.0. The molecule has 0 aliphatic carbocycles. The molecule has 1 aliphatic heterocycles. The van der Waals surface area contributed by atoms with Gasteiger partial charge in [-0.1, -0.05) is 51.9 Å². The van der Waals surface area contributed by atoms with Crippen molar-refractivity contribution >= 4 is 5.78 Å². The summed E-state index contributed by atoms with van der Waals surface area (Å²) in [6, 6.07) is 7.67. The van der Waals surface area contributed by atoms with E-state index in [9.17, 15) is 4.79 Å². The lowest BCUT2D eigenvalue weighted by Gasteiger charge is -2.31. The quantitative estimate of drug-likeness (QED) is 0.372. The molecule has 0 spiro atoms. The van der Waals surface area contributed by atoms with Crippen molar-refractivity contribution in [1.29, 1.82) is 0 Å². The van der Waals surface area contributed by atoms with Gasteiger partial charge in [0.1, 0.15) is 5.75 Å². The maximum atomic E-state index is 12.4. The minimum Gasteiger partial charge on any atom is -0.494 e. The number of nitrogens with zero attached hydrogens (tertiary/aromatic N) is 2. The van der Waals surface area contributed by atoms with Gasteiger partial charge < -0.3 is 9.64 Å². The summed E-state index contributed by atoms with van der Waals surface area (Å²) >= 11 is 0. The second-order valence-corrected chi connectivity index (χ2v) is 7.85. The summed E-state index contributed by atoms with van der Waals surface area (Å²) in [6.07, 6.45) is 10.5. The third-order valence-corrected chi connectivity index (χ3v) is 5.41. The molecule has 1 saturated heterocycles. The fourth-order valence-electron chi connectivity index (χ4n) is 3.46. The minimum atomic E-state index is 0.203. The Morgan fingerprint density at radius 3 is 2.11 bits per heavy atom. The molecule has 0 unspecified atom stereocenters. The first-order valence-electron chi connectivity index (χ1n) is 10.9. The molecule has 4 nitrogen and oxygen atoms in total. The lowest BCUT2D eigenvalue weighted by atomic mass is 10.1. The highest BCUT2D eigenvalue weighted by molar-refractivity contribution is 5.97.